The fourth-order valence-electron chi connectivity index (χ4n) is 4.02. The maximum absolute atomic E-state index is 13.2. The smallest absolute Gasteiger partial charge is 0.310 e. The molecule has 4 atom stereocenters. The van der Waals surface area contributed by atoms with Crippen molar-refractivity contribution in [3.05, 3.63) is 0 Å². The van der Waals surface area contributed by atoms with Crippen LogP contribution in [0.1, 0.15) is 34.1 Å². The molecule has 13 heteroatoms. The van der Waals surface area contributed by atoms with Gasteiger partial charge in [0, 0.05) is 5.92 Å². The van der Waals surface area contributed by atoms with Crippen molar-refractivity contribution in [2.24, 2.45) is 23.7 Å². The summed E-state index contributed by atoms with van der Waals surface area (Å²) in [7, 11) is 0. The zero-order valence-electron chi connectivity index (χ0n) is 22.8. The Balaban J connectivity index is 2.93. The minimum absolute atomic E-state index is 0.0155. The third-order valence-electron chi connectivity index (χ3n) is 6.03. The number of aliphatic hydroxyl groups is 4. The lowest BCUT2D eigenvalue weighted by Crippen LogP contribution is -2.39. The van der Waals surface area contributed by atoms with Crippen molar-refractivity contribution in [2.45, 2.75) is 45.3 Å². The van der Waals surface area contributed by atoms with Crippen LogP contribution in [0.2, 0.25) is 0 Å². The van der Waals surface area contributed by atoms with Gasteiger partial charge in [0.2, 0.25) is 0 Å². The van der Waals surface area contributed by atoms with E-state index in [1.807, 2.05) is 0 Å². The number of carbonyl (C=O) groups is 3. The number of carbonyl (C=O) groups excluding carboxylic acids is 3. The molecule has 0 aliphatic heterocycles. The van der Waals surface area contributed by atoms with Crippen LogP contribution in [0.5, 0.6) is 0 Å². The lowest BCUT2D eigenvalue weighted by molar-refractivity contribution is -0.166. The van der Waals surface area contributed by atoms with Gasteiger partial charge in [0.05, 0.1) is 81.8 Å². The number of hydrogen-bond donors (Lipinski definition) is 4. The maximum atomic E-state index is 13.2. The van der Waals surface area contributed by atoms with E-state index in [1.165, 1.54) is 0 Å². The van der Waals surface area contributed by atoms with Crippen LogP contribution in [0.4, 0.5) is 0 Å². The number of esters is 3. The van der Waals surface area contributed by atoms with Crippen molar-refractivity contribution in [1.82, 2.24) is 0 Å². The molecule has 0 aromatic rings. The van der Waals surface area contributed by atoms with Crippen LogP contribution in [0.25, 0.3) is 0 Å². The zero-order chi connectivity index (χ0) is 28.8. The summed E-state index contributed by atoms with van der Waals surface area (Å²) in [6.45, 7) is 5.12. The second-order valence-electron chi connectivity index (χ2n) is 10.2. The molecule has 0 aromatic carbocycles. The van der Waals surface area contributed by atoms with Crippen molar-refractivity contribution < 1.29 is 63.2 Å². The van der Waals surface area contributed by atoms with Crippen LogP contribution >= 0.6 is 0 Å². The molecule has 0 radical (unpaired) electrons. The second-order valence-corrected chi connectivity index (χ2v) is 10.2. The molecule has 38 heavy (non-hydrogen) atoms. The Kier molecular flexibility index (Phi) is 15.2. The van der Waals surface area contributed by atoms with Gasteiger partial charge in [-0.05, 0) is 34.1 Å². The monoisotopic (exact) mass is 552 g/mol. The Morgan fingerprint density at radius 2 is 1.24 bits per heavy atom. The summed E-state index contributed by atoms with van der Waals surface area (Å²) in [4.78, 5) is 38.6. The van der Waals surface area contributed by atoms with E-state index in [9.17, 15) is 19.5 Å². The van der Waals surface area contributed by atoms with Gasteiger partial charge in [-0.1, -0.05) is 0 Å². The summed E-state index contributed by atoms with van der Waals surface area (Å²) >= 11 is 0. The molecule has 0 amide bonds. The summed E-state index contributed by atoms with van der Waals surface area (Å²) in [6, 6.07) is 0. The molecule has 0 heterocycles. The van der Waals surface area contributed by atoms with Crippen molar-refractivity contribution in [3.8, 4) is 0 Å². The lowest BCUT2D eigenvalue weighted by Gasteiger charge is -2.31. The quantitative estimate of drug-likeness (QED) is 0.0874. The first-order chi connectivity index (χ1) is 17.9. The minimum atomic E-state index is -1.12. The largest absolute Gasteiger partial charge is 0.463 e. The zero-order valence-corrected chi connectivity index (χ0v) is 22.8. The van der Waals surface area contributed by atoms with Gasteiger partial charge in [0.1, 0.15) is 19.8 Å². The molecule has 0 bridgehead atoms. The third-order valence-corrected chi connectivity index (χ3v) is 6.03. The van der Waals surface area contributed by atoms with Gasteiger partial charge in [-0.15, -0.1) is 0 Å². The molecule has 4 N–H and O–H groups in total. The highest BCUT2D eigenvalue weighted by atomic mass is 16.6. The summed E-state index contributed by atoms with van der Waals surface area (Å²) in [6.07, 6.45) is -0.0804. The average molecular weight is 553 g/mol. The van der Waals surface area contributed by atoms with Crippen LogP contribution in [0, 0.1) is 23.7 Å². The van der Waals surface area contributed by atoms with E-state index in [-0.39, 0.29) is 65.9 Å². The number of rotatable bonds is 19. The second kappa shape index (κ2) is 17.0. The van der Waals surface area contributed by atoms with E-state index in [4.69, 9.17) is 43.7 Å². The first-order valence-electron chi connectivity index (χ1n) is 12.7. The van der Waals surface area contributed by atoms with Crippen LogP contribution in [0.15, 0.2) is 0 Å². The Labute approximate surface area is 223 Å². The summed E-state index contributed by atoms with van der Waals surface area (Å²) < 4.78 is 32.4. The van der Waals surface area contributed by atoms with Crippen LogP contribution in [-0.4, -0.2) is 122 Å². The molecule has 222 valence electrons. The Morgan fingerprint density at radius 1 is 0.684 bits per heavy atom. The highest BCUT2D eigenvalue weighted by Crippen LogP contribution is 2.44. The van der Waals surface area contributed by atoms with Gasteiger partial charge in [-0.3, -0.25) is 14.4 Å². The highest BCUT2D eigenvalue weighted by molar-refractivity contribution is 5.86. The van der Waals surface area contributed by atoms with Crippen molar-refractivity contribution >= 4 is 17.9 Å². The van der Waals surface area contributed by atoms with Gasteiger partial charge in [0.25, 0.3) is 0 Å². The molecule has 0 spiro atoms. The maximum Gasteiger partial charge on any atom is 0.310 e. The fourth-order valence-corrected chi connectivity index (χ4v) is 4.02. The van der Waals surface area contributed by atoms with Crippen LogP contribution in [0.3, 0.4) is 0 Å². The van der Waals surface area contributed by atoms with E-state index in [0.717, 1.165) is 0 Å². The minimum Gasteiger partial charge on any atom is -0.463 e. The van der Waals surface area contributed by atoms with E-state index in [2.05, 4.69) is 0 Å². The first kappa shape index (κ1) is 34.2. The highest BCUT2D eigenvalue weighted by Gasteiger charge is 2.54. The molecular weight excluding hydrogens is 508 g/mol. The Bertz CT molecular complexity index is 724. The van der Waals surface area contributed by atoms with Crippen LogP contribution in [-0.2, 0) is 42.8 Å². The van der Waals surface area contributed by atoms with Crippen molar-refractivity contribution in [2.75, 3.05) is 72.7 Å². The normalized spacial score (nSPS) is 21.8. The predicted molar refractivity (Wildman–Crippen MR) is 131 cm³/mol. The Hall–Kier alpha value is -1.87. The van der Waals surface area contributed by atoms with E-state index in [1.54, 1.807) is 27.7 Å². The molecule has 1 saturated carbocycles. The van der Waals surface area contributed by atoms with E-state index >= 15 is 0 Å². The lowest BCUT2D eigenvalue weighted by atomic mass is 9.87. The van der Waals surface area contributed by atoms with Gasteiger partial charge >= 0.3 is 17.9 Å². The Morgan fingerprint density at radius 3 is 1.79 bits per heavy atom. The average Bonchev–Trinajstić information content (AvgIpc) is 3.27. The number of ether oxygens (including phenoxy) is 6. The van der Waals surface area contributed by atoms with E-state index in [0.29, 0.717) is 0 Å². The molecule has 1 fully saturated rings. The number of aliphatic hydroxyl groups excluding tert-OH is 4. The molecule has 13 nitrogen and oxygen atoms in total. The summed E-state index contributed by atoms with van der Waals surface area (Å²) in [5.41, 5.74) is -1.48. The predicted octanol–water partition coefficient (Wildman–Crippen LogP) is -0.939. The molecule has 4 unspecified atom stereocenters. The van der Waals surface area contributed by atoms with Crippen molar-refractivity contribution in [1.29, 1.82) is 0 Å². The third kappa shape index (κ3) is 11.5. The molecule has 1 aliphatic rings. The van der Waals surface area contributed by atoms with Gasteiger partial charge < -0.3 is 48.8 Å². The van der Waals surface area contributed by atoms with Gasteiger partial charge in [-0.25, -0.2) is 0 Å². The fraction of sp³-hybridized carbons (Fsp3) is 0.880. The molecular formula is C25H44O13. The summed E-state index contributed by atoms with van der Waals surface area (Å²) in [5, 5.41) is 36.4. The van der Waals surface area contributed by atoms with E-state index < -0.39 is 66.0 Å². The molecule has 1 aliphatic carbocycles. The van der Waals surface area contributed by atoms with Crippen LogP contribution < -0.4 is 0 Å². The standard InChI is InChI=1S/C25H44O13/c1-24(2,15-29)38-16-25(3,4)37-12-11-36-23(32)20-18(22(31)35-10-7-28)13-17(21(30)34-9-6-27)19(20)14-33-8-5-26/h17-20,26-29H,5-16H2,1-4H3. The van der Waals surface area contributed by atoms with Gasteiger partial charge in [-0.2, -0.15) is 0 Å². The van der Waals surface area contributed by atoms with Gasteiger partial charge in [0.15, 0.2) is 0 Å². The molecule has 0 saturated heterocycles. The topological polar surface area (TPSA) is 188 Å². The molecule has 0 aromatic heterocycles. The number of hydrogen-bond acceptors (Lipinski definition) is 13. The SMILES string of the molecule is CC(C)(CO)OCC(C)(C)OCCOC(=O)C1C(C(=O)OCCO)CC(C(=O)OCCO)C1COCCO. The first-order valence-corrected chi connectivity index (χ1v) is 12.7. The summed E-state index contributed by atoms with van der Waals surface area (Å²) in [5.74, 6) is -6.16. The molecule has 1 rings (SSSR count). The van der Waals surface area contributed by atoms with Crippen molar-refractivity contribution in [3.63, 3.8) is 0 Å².